The minimum absolute atomic E-state index is 0.0153. The first-order chi connectivity index (χ1) is 15.7. The molecule has 174 valence electrons. The van der Waals surface area contributed by atoms with Crippen molar-refractivity contribution in [2.24, 2.45) is 11.8 Å². The van der Waals surface area contributed by atoms with Crippen molar-refractivity contribution in [3.63, 3.8) is 0 Å². The molecule has 2 N–H and O–H groups in total. The Balaban J connectivity index is 1.33. The first-order valence-electron chi connectivity index (χ1n) is 10.5. The molecule has 2 heterocycles. The minimum atomic E-state index is -3.90. The van der Waals surface area contributed by atoms with Crippen LogP contribution in [0.5, 0.6) is 0 Å². The van der Waals surface area contributed by atoms with Crippen molar-refractivity contribution in [3.05, 3.63) is 47.7 Å². The number of allylic oxidation sites excluding steroid dienone is 2. The first kappa shape index (κ1) is 22.7. The van der Waals surface area contributed by atoms with Crippen LogP contribution in [0, 0.1) is 25.7 Å². The lowest BCUT2D eigenvalue weighted by molar-refractivity contribution is -0.140. The molecule has 11 heteroatoms. The van der Waals surface area contributed by atoms with Gasteiger partial charge in [-0.15, -0.1) is 0 Å². The number of carbonyl (C=O) groups is 3. The van der Waals surface area contributed by atoms with E-state index in [2.05, 4.69) is 15.2 Å². The normalized spacial score (nSPS) is 20.1. The van der Waals surface area contributed by atoms with Gasteiger partial charge in [-0.05, 0) is 51.0 Å². The molecule has 2 aromatic rings. The molecule has 4 rings (SSSR count). The Morgan fingerprint density at radius 3 is 2.24 bits per heavy atom. The molecule has 1 aromatic carbocycles. The van der Waals surface area contributed by atoms with Crippen LogP contribution in [0.1, 0.15) is 30.5 Å². The molecule has 10 nitrogen and oxygen atoms in total. The Labute approximate surface area is 191 Å². The molecule has 0 radical (unpaired) electrons. The number of hydrogen-bond donors (Lipinski definition) is 2. The van der Waals surface area contributed by atoms with Crippen LogP contribution in [0.25, 0.3) is 0 Å². The van der Waals surface area contributed by atoms with Gasteiger partial charge >= 0.3 is 0 Å². The van der Waals surface area contributed by atoms with E-state index in [1.54, 1.807) is 13.8 Å². The van der Waals surface area contributed by atoms with Crippen LogP contribution in [0.15, 0.2) is 45.8 Å². The summed E-state index contributed by atoms with van der Waals surface area (Å²) >= 11 is 0. The van der Waals surface area contributed by atoms with E-state index in [1.807, 2.05) is 12.2 Å². The van der Waals surface area contributed by atoms with Crippen LogP contribution in [0.4, 0.5) is 11.6 Å². The monoisotopic (exact) mass is 472 g/mol. The summed E-state index contributed by atoms with van der Waals surface area (Å²) in [6.07, 6.45) is 4.89. The zero-order valence-electron chi connectivity index (χ0n) is 18.2. The zero-order valence-corrected chi connectivity index (χ0v) is 19.0. The van der Waals surface area contributed by atoms with Crippen molar-refractivity contribution in [3.8, 4) is 0 Å². The Kier molecular flexibility index (Phi) is 6.07. The van der Waals surface area contributed by atoms with Crippen molar-refractivity contribution in [2.45, 2.75) is 38.0 Å². The number of aromatic nitrogens is 1. The number of nitrogens with one attached hydrogen (secondary N) is 2. The number of rotatable bonds is 7. The summed E-state index contributed by atoms with van der Waals surface area (Å²) < 4.78 is 32.4. The number of hydrogen-bond acceptors (Lipinski definition) is 7. The van der Waals surface area contributed by atoms with Crippen molar-refractivity contribution < 1.29 is 27.3 Å². The third kappa shape index (κ3) is 4.54. The van der Waals surface area contributed by atoms with Crippen molar-refractivity contribution in [1.82, 2.24) is 10.1 Å². The smallest absolute Gasteiger partial charge is 0.264 e. The molecule has 1 saturated heterocycles. The number of fused-ring (bicyclic) bond motifs is 1. The number of imide groups is 1. The van der Waals surface area contributed by atoms with Crippen LogP contribution in [-0.2, 0) is 24.4 Å². The topological polar surface area (TPSA) is 139 Å². The van der Waals surface area contributed by atoms with Gasteiger partial charge in [-0.25, -0.2) is 13.1 Å². The summed E-state index contributed by atoms with van der Waals surface area (Å²) in [5.41, 5.74) is 1.56. The fourth-order valence-electron chi connectivity index (χ4n) is 3.94. The highest BCUT2D eigenvalue weighted by Crippen LogP contribution is 2.35. The highest BCUT2D eigenvalue weighted by atomic mass is 32.2. The van der Waals surface area contributed by atoms with E-state index in [9.17, 15) is 22.8 Å². The fraction of sp³-hybridized carbons (Fsp3) is 0.364. The van der Waals surface area contributed by atoms with Gasteiger partial charge in [-0.1, -0.05) is 17.3 Å². The third-order valence-corrected chi connectivity index (χ3v) is 7.34. The number of benzene rings is 1. The molecule has 0 saturated carbocycles. The SMILES string of the molecule is Cc1noc(NS(=O)(=O)c2ccc(NC(=O)CCN3C(=O)[C@@H]4CC=CC[C@H]4C3=O)cc2)c1C. The Morgan fingerprint density at radius 2 is 1.70 bits per heavy atom. The predicted octanol–water partition coefficient (Wildman–Crippen LogP) is 2.37. The number of carbonyl (C=O) groups excluding carboxylic acids is 3. The molecule has 33 heavy (non-hydrogen) atoms. The minimum Gasteiger partial charge on any atom is -0.337 e. The van der Waals surface area contributed by atoms with Gasteiger partial charge in [0.05, 0.1) is 22.4 Å². The van der Waals surface area contributed by atoms with Crippen molar-refractivity contribution in [2.75, 3.05) is 16.6 Å². The second-order valence-corrected chi connectivity index (χ2v) is 9.82. The van der Waals surface area contributed by atoms with Gasteiger partial charge in [0.2, 0.25) is 23.6 Å². The maximum Gasteiger partial charge on any atom is 0.264 e. The third-order valence-electron chi connectivity index (χ3n) is 5.99. The van der Waals surface area contributed by atoms with Crippen molar-refractivity contribution in [1.29, 1.82) is 0 Å². The number of nitrogens with zero attached hydrogens (tertiary/aromatic N) is 2. The number of aryl methyl sites for hydroxylation is 1. The van der Waals surface area contributed by atoms with Gasteiger partial charge in [-0.2, -0.15) is 0 Å². The van der Waals surface area contributed by atoms with Gasteiger partial charge < -0.3 is 9.84 Å². The summed E-state index contributed by atoms with van der Waals surface area (Å²) in [6, 6.07) is 5.61. The molecular formula is C22H24N4O6S. The number of amides is 3. The Morgan fingerprint density at radius 1 is 1.09 bits per heavy atom. The molecule has 0 bridgehead atoms. The first-order valence-corrected chi connectivity index (χ1v) is 12.0. The molecule has 1 aliphatic carbocycles. The Bertz CT molecular complexity index is 1210. The molecule has 0 spiro atoms. The molecule has 1 fully saturated rings. The highest BCUT2D eigenvalue weighted by molar-refractivity contribution is 7.92. The summed E-state index contributed by atoms with van der Waals surface area (Å²) in [4.78, 5) is 38.4. The van der Waals surface area contributed by atoms with Crippen LogP contribution in [0.3, 0.4) is 0 Å². The molecular weight excluding hydrogens is 448 g/mol. The van der Waals surface area contributed by atoms with E-state index in [0.717, 1.165) is 0 Å². The lowest BCUT2D eigenvalue weighted by atomic mass is 9.85. The molecule has 2 aliphatic rings. The standard InChI is InChI=1S/C22H24N4O6S/c1-13-14(2)24-32-20(13)25-33(30,31)16-9-7-15(8-10-16)23-19(27)11-12-26-21(28)17-5-3-4-6-18(17)22(26)29/h3-4,7-10,17-18,25H,5-6,11-12H2,1-2H3,(H,23,27)/t17-,18-/m1/s1. The lowest BCUT2D eigenvalue weighted by Crippen LogP contribution is -2.34. The summed E-state index contributed by atoms with van der Waals surface area (Å²) in [5.74, 6) is -1.42. The average molecular weight is 473 g/mol. The lowest BCUT2D eigenvalue weighted by Gasteiger charge is -2.14. The van der Waals surface area contributed by atoms with Gasteiger partial charge in [0.25, 0.3) is 10.0 Å². The van der Waals surface area contributed by atoms with Crippen LogP contribution >= 0.6 is 0 Å². The molecule has 0 unspecified atom stereocenters. The quantitative estimate of drug-likeness (QED) is 0.466. The molecule has 3 amide bonds. The van der Waals surface area contributed by atoms with E-state index >= 15 is 0 Å². The second-order valence-electron chi connectivity index (χ2n) is 8.13. The predicted molar refractivity (Wildman–Crippen MR) is 119 cm³/mol. The zero-order chi connectivity index (χ0) is 23.8. The van der Waals surface area contributed by atoms with Crippen LogP contribution < -0.4 is 10.0 Å². The molecule has 1 aromatic heterocycles. The van der Waals surface area contributed by atoms with Gasteiger partial charge in [0.15, 0.2) is 0 Å². The van der Waals surface area contributed by atoms with Gasteiger partial charge in [0.1, 0.15) is 0 Å². The van der Waals surface area contributed by atoms with E-state index in [0.29, 0.717) is 29.8 Å². The molecule has 2 atom stereocenters. The van der Waals surface area contributed by atoms with E-state index in [4.69, 9.17) is 4.52 Å². The van der Waals surface area contributed by atoms with E-state index in [-0.39, 0.29) is 53.3 Å². The van der Waals surface area contributed by atoms with E-state index in [1.165, 1.54) is 29.2 Å². The maximum absolute atomic E-state index is 12.6. The summed E-state index contributed by atoms with van der Waals surface area (Å²) in [6.45, 7) is 3.41. The fourth-order valence-corrected chi connectivity index (χ4v) is 4.98. The number of anilines is 2. The van der Waals surface area contributed by atoms with Gasteiger partial charge in [0, 0.05) is 24.2 Å². The van der Waals surface area contributed by atoms with Crippen LogP contribution in [-0.4, -0.2) is 42.7 Å². The highest BCUT2D eigenvalue weighted by Gasteiger charge is 2.46. The number of sulfonamides is 1. The largest absolute Gasteiger partial charge is 0.337 e. The average Bonchev–Trinajstić information content (AvgIpc) is 3.23. The van der Waals surface area contributed by atoms with Crippen molar-refractivity contribution >= 4 is 39.3 Å². The van der Waals surface area contributed by atoms with Gasteiger partial charge in [-0.3, -0.25) is 19.3 Å². The second kappa shape index (κ2) is 8.81. The molecule has 1 aliphatic heterocycles. The van der Waals surface area contributed by atoms with E-state index < -0.39 is 10.0 Å². The summed E-state index contributed by atoms with van der Waals surface area (Å²) in [7, 11) is -3.90. The maximum atomic E-state index is 12.6. The van der Waals surface area contributed by atoms with Crippen LogP contribution in [0.2, 0.25) is 0 Å². The number of likely N-dealkylation sites (tertiary alicyclic amines) is 1. The Hall–Kier alpha value is -3.47. The summed E-state index contributed by atoms with van der Waals surface area (Å²) in [5, 5.41) is 6.37.